The highest BCUT2D eigenvalue weighted by Gasteiger charge is 2.34. The average molecular weight is 518 g/mol. The Balaban J connectivity index is 0.00000156. The maximum atomic E-state index is 12.6. The second-order valence-electron chi connectivity index (χ2n) is 8.58. The van der Waals surface area contributed by atoms with Crippen LogP contribution in [0.3, 0.4) is 0 Å². The first kappa shape index (κ1) is 26.3. The van der Waals surface area contributed by atoms with E-state index in [0.29, 0.717) is 17.8 Å². The number of nitrogens with one attached hydrogen (secondary N) is 1. The van der Waals surface area contributed by atoms with E-state index in [-0.39, 0.29) is 23.6 Å². The number of cyclic esters (lactones) is 1. The number of nitrogens with zero attached hydrogens (tertiary/aromatic N) is 2. The summed E-state index contributed by atoms with van der Waals surface area (Å²) in [5.74, 6) is -0.160. The molecular formula is C29H31N3O4S. The fourth-order valence-corrected chi connectivity index (χ4v) is 5.42. The molecule has 2 heterocycles. The van der Waals surface area contributed by atoms with Gasteiger partial charge in [-0.25, -0.2) is 4.79 Å². The quantitative estimate of drug-likeness (QED) is 0.477. The molecule has 2 unspecified atom stereocenters. The molecule has 1 N–H and O–H groups in total. The molecule has 192 valence electrons. The monoisotopic (exact) mass is 517 g/mol. The van der Waals surface area contributed by atoms with Gasteiger partial charge in [0, 0.05) is 23.2 Å². The molecule has 7 nitrogen and oxygen atoms in total. The summed E-state index contributed by atoms with van der Waals surface area (Å²) in [5, 5.41) is 2.69. The summed E-state index contributed by atoms with van der Waals surface area (Å²) >= 11 is 1.48. The van der Waals surface area contributed by atoms with Crippen molar-refractivity contribution in [2.75, 3.05) is 29.9 Å². The first-order valence-electron chi connectivity index (χ1n) is 12.4. The van der Waals surface area contributed by atoms with Crippen LogP contribution in [-0.2, 0) is 9.53 Å². The van der Waals surface area contributed by atoms with Gasteiger partial charge in [-0.15, -0.1) is 11.8 Å². The third kappa shape index (κ3) is 5.64. The number of hydrogen-bond acceptors (Lipinski definition) is 5. The average Bonchev–Trinajstić information content (AvgIpc) is 3.32. The Bertz CT molecular complexity index is 1280. The van der Waals surface area contributed by atoms with E-state index in [2.05, 4.69) is 5.32 Å². The van der Waals surface area contributed by atoms with Crippen LogP contribution < -0.4 is 15.1 Å². The van der Waals surface area contributed by atoms with Gasteiger partial charge >= 0.3 is 6.09 Å². The van der Waals surface area contributed by atoms with Crippen molar-refractivity contribution in [3.05, 3.63) is 78.4 Å². The highest BCUT2D eigenvalue weighted by atomic mass is 32.2. The summed E-state index contributed by atoms with van der Waals surface area (Å²) in [6.07, 6.45) is -0.906. The number of benzene rings is 3. The molecule has 5 rings (SSSR count). The van der Waals surface area contributed by atoms with Crippen LogP contribution in [0.2, 0.25) is 0 Å². The number of amides is 3. The van der Waals surface area contributed by atoms with Gasteiger partial charge in [0.1, 0.15) is 6.10 Å². The van der Waals surface area contributed by atoms with Crippen molar-refractivity contribution in [2.45, 2.75) is 37.0 Å². The second-order valence-corrected chi connectivity index (χ2v) is 9.96. The lowest BCUT2D eigenvalue weighted by Crippen LogP contribution is -2.36. The van der Waals surface area contributed by atoms with Crippen molar-refractivity contribution in [3.8, 4) is 11.1 Å². The minimum Gasteiger partial charge on any atom is -0.442 e. The Morgan fingerprint density at radius 3 is 2.38 bits per heavy atom. The van der Waals surface area contributed by atoms with Crippen molar-refractivity contribution in [1.82, 2.24) is 5.32 Å². The van der Waals surface area contributed by atoms with Gasteiger partial charge < -0.3 is 15.0 Å². The summed E-state index contributed by atoms with van der Waals surface area (Å²) in [5.41, 5.74) is 4.21. The van der Waals surface area contributed by atoms with E-state index >= 15 is 0 Å². The molecule has 1 fully saturated rings. The lowest BCUT2D eigenvalue weighted by Gasteiger charge is -2.30. The lowest BCUT2D eigenvalue weighted by atomic mass is 10.0. The first-order valence-corrected chi connectivity index (χ1v) is 13.3. The van der Waals surface area contributed by atoms with E-state index < -0.39 is 12.2 Å². The molecule has 2 atom stereocenters. The lowest BCUT2D eigenvalue weighted by molar-refractivity contribution is -0.117. The minimum atomic E-state index is -0.457. The van der Waals surface area contributed by atoms with E-state index in [1.54, 1.807) is 29.0 Å². The molecule has 1 saturated heterocycles. The number of ether oxygens (including phenoxy) is 1. The Hall–Kier alpha value is -3.78. The Labute approximate surface area is 221 Å². The standard InChI is InChI=1S/C27H25N3O4S.C2H6/c1-17-26(32)29(2)23-13-12-21(14-24(23)35-17)30-16-22(34-27(30)33)15-28-25(31)20-10-8-19(9-11-20)18-6-4-3-5-7-18;1-2/h3-14,17,22H,15-16H2,1-2H3,(H,28,31);1-2H3. The molecule has 3 aromatic carbocycles. The molecule has 3 aromatic rings. The number of carbonyl (C=O) groups excluding carboxylic acids is 3. The zero-order chi connectivity index (χ0) is 26.5. The smallest absolute Gasteiger partial charge is 0.414 e. The van der Waals surface area contributed by atoms with Crippen LogP contribution in [0.5, 0.6) is 0 Å². The number of carbonyl (C=O) groups is 3. The number of hydrogen-bond donors (Lipinski definition) is 1. The van der Waals surface area contributed by atoms with Crippen LogP contribution in [-0.4, -0.2) is 49.4 Å². The van der Waals surface area contributed by atoms with Gasteiger partial charge in [0.25, 0.3) is 5.91 Å². The van der Waals surface area contributed by atoms with Gasteiger partial charge in [-0.1, -0.05) is 56.3 Å². The summed E-state index contributed by atoms with van der Waals surface area (Å²) in [6, 6.07) is 23.0. The fourth-order valence-electron chi connectivity index (χ4n) is 4.27. The number of thioether (sulfide) groups is 1. The molecule has 0 spiro atoms. The Kier molecular flexibility index (Phi) is 8.18. The third-order valence-electron chi connectivity index (χ3n) is 6.22. The zero-order valence-electron chi connectivity index (χ0n) is 21.4. The predicted octanol–water partition coefficient (Wildman–Crippen LogP) is 5.59. The Morgan fingerprint density at radius 2 is 1.68 bits per heavy atom. The van der Waals surface area contributed by atoms with Crippen LogP contribution in [0.4, 0.5) is 16.2 Å². The molecule has 2 aliphatic rings. The molecule has 0 aromatic heterocycles. The molecule has 0 aliphatic carbocycles. The third-order valence-corrected chi connectivity index (χ3v) is 7.35. The summed E-state index contributed by atoms with van der Waals surface area (Å²) in [4.78, 5) is 41.5. The van der Waals surface area contributed by atoms with Crippen molar-refractivity contribution in [1.29, 1.82) is 0 Å². The SMILES string of the molecule is CC.CC1Sc2cc(N3CC(CNC(=O)c4ccc(-c5ccccc5)cc4)OC3=O)ccc2N(C)C1=O. The van der Waals surface area contributed by atoms with E-state index in [9.17, 15) is 14.4 Å². The molecular weight excluding hydrogens is 486 g/mol. The summed E-state index contributed by atoms with van der Waals surface area (Å²) < 4.78 is 5.50. The van der Waals surface area contributed by atoms with Gasteiger partial charge in [-0.05, 0) is 48.4 Å². The molecule has 0 bridgehead atoms. The number of anilines is 2. The van der Waals surface area contributed by atoms with Gasteiger partial charge in [0.2, 0.25) is 5.91 Å². The van der Waals surface area contributed by atoms with E-state index in [0.717, 1.165) is 21.7 Å². The molecule has 2 aliphatic heterocycles. The highest BCUT2D eigenvalue weighted by molar-refractivity contribution is 8.01. The van der Waals surface area contributed by atoms with Crippen LogP contribution >= 0.6 is 11.8 Å². The van der Waals surface area contributed by atoms with Crippen LogP contribution in [0.25, 0.3) is 11.1 Å². The minimum absolute atomic E-state index is 0.0568. The maximum Gasteiger partial charge on any atom is 0.414 e. The summed E-state index contributed by atoms with van der Waals surface area (Å²) in [6.45, 7) is 6.42. The van der Waals surface area contributed by atoms with E-state index in [1.807, 2.05) is 81.4 Å². The largest absolute Gasteiger partial charge is 0.442 e. The fraction of sp³-hybridized carbons (Fsp3) is 0.276. The van der Waals surface area contributed by atoms with Gasteiger partial charge in [-0.2, -0.15) is 0 Å². The second kappa shape index (κ2) is 11.5. The topological polar surface area (TPSA) is 79.0 Å². The summed E-state index contributed by atoms with van der Waals surface area (Å²) in [7, 11) is 1.76. The highest BCUT2D eigenvalue weighted by Crippen LogP contribution is 2.41. The number of rotatable bonds is 5. The van der Waals surface area contributed by atoms with Crippen LogP contribution in [0.15, 0.2) is 77.7 Å². The van der Waals surface area contributed by atoms with Crippen molar-refractivity contribution in [2.24, 2.45) is 0 Å². The molecule has 0 saturated carbocycles. The van der Waals surface area contributed by atoms with Gasteiger partial charge in [0.15, 0.2) is 0 Å². The van der Waals surface area contributed by atoms with Gasteiger partial charge in [-0.3, -0.25) is 14.5 Å². The van der Waals surface area contributed by atoms with Crippen molar-refractivity contribution in [3.63, 3.8) is 0 Å². The van der Waals surface area contributed by atoms with Crippen LogP contribution in [0, 0.1) is 0 Å². The normalized spacial score (nSPS) is 18.5. The molecule has 8 heteroatoms. The molecule has 37 heavy (non-hydrogen) atoms. The van der Waals surface area contributed by atoms with Crippen molar-refractivity contribution >= 4 is 41.0 Å². The molecule has 0 radical (unpaired) electrons. The zero-order valence-corrected chi connectivity index (χ0v) is 22.2. The maximum absolute atomic E-state index is 12.6. The number of fused-ring (bicyclic) bond motifs is 1. The van der Waals surface area contributed by atoms with Crippen molar-refractivity contribution < 1.29 is 19.1 Å². The van der Waals surface area contributed by atoms with E-state index in [4.69, 9.17) is 4.74 Å². The Morgan fingerprint density at radius 1 is 1.00 bits per heavy atom. The molecule has 3 amide bonds. The van der Waals surface area contributed by atoms with Gasteiger partial charge in [0.05, 0.1) is 24.0 Å². The van der Waals surface area contributed by atoms with Crippen LogP contribution in [0.1, 0.15) is 31.1 Å². The first-order chi connectivity index (χ1) is 17.9. The van der Waals surface area contributed by atoms with E-state index in [1.165, 1.54) is 11.8 Å². The predicted molar refractivity (Wildman–Crippen MR) is 148 cm³/mol.